The molecule has 0 atom stereocenters. The van der Waals surface area contributed by atoms with Crippen LogP contribution in [-0.4, -0.2) is 15.1 Å². The van der Waals surface area contributed by atoms with Gasteiger partial charge < -0.3 is 5.73 Å². The summed E-state index contributed by atoms with van der Waals surface area (Å²) in [5, 5.41) is 1.22. The zero-order valence-corrected chi connectivity index (χ0v) is 9.29. The third-order valence-electron chi connectivity index (χ3n) is 2.09. The van der Waals surface area contributed by atoms with Gasteiger partial charge in [-0.15, -0.1) is 0 Å². The lowest BCUT2D eigenvalue weighted by Crippen LogP contribution is -2.40. The number of nitrogens with two attached hydrogens (primary N) is 1. The summed E-state index contributed by atoms with van der Waals surface area (Å²) >= 11 is 4.68. The molecule has 0 bridgehead atoms. The Hall–Kier alpha value is -1.79. The third-order valence-corrected chi connectivity index (χ3v) is 2.19. The fourth-order valence-electron chi connectivity index (χ4n) is 1.42. The van der Waals surface area contributed by atoms with Crippen molar-refractivity contribution in [3.8, 4) is 0 Å². The van der Waals surface area contributed by atoms with E-state index in [2.05, 4.69) is 33.0 Å². The Morgan fingerprint density at radius 2 is 2.12 bits per heavy atom. The molecule has 1 heterocycles. The SMILES string of the molecule is NC(=S)NNCc1ncnc2ccccc12. The summed E-state index contributed by atoms with van der Waals surface area (Å²) < 4.78 is 0. The molecule has 2 rings (SSSR count). The van der Waals surface area contributed by atoms with Crippen LogP contribution in [0.25, 0.3) is 10.9 Å². The van der Waals surface area contributed by atoms with Gasteiger partial charge in [0.2, 0.25) is 0 Å². The summed E-state index contributed by atoms with van der Waals surface area (Å²) in [7, 11) is 0. The predicted octanol–water partition coefficient (Wildman–Crippen LogP) is 0.468. The highest BCUT2D eigenvalue weighted by Crippen LogP contribution is 2.13. The molecular formula is C10H11N5S. The van der Waals surface area contributed by atoms with Crippen LogP contribution in [0.1, 0.15) is 5.69 Å². The van der Waals surface area contributed by atoms with Gasteiger partial charge in [-0.25, -0.2) is 15.4 Å². The summed E-state index contributed by atoms with van der Waals surface area (Å²) in [6, 6.07) is 7.82. The Kier molecular flexibility index (Phi) is 3.23. The van der Waals surface area contributed by atoms with Gasteiger partial charge in [-0.2, -0.15) is 0 Å². The Morgan fingerprint density at radius 3 is 2.94 bits per heavy atom. The highest BCUT2D eigenvalue weighted by atomic mass is 32.1. The molecule has 0 amide bonds. The summed E-state index contributed by atoms with van der Waals surface area (Å²) in [4.78, 5) is 8.38. The molecule has 0 aliphatic carbocycles. The number of aromatic nitrogens is 2. The van der Waals surface area contributed by atoms with Crippen LogP contribution in [0.4, 0.5) is 0 Å². The number of benzene rings is 1. The molecule has 0 saturated heterocycles. The number of thiocarbonyl (C=S) groups is 1. The van der Waals surface area contributed by atoms with E-state index in [0.717, 1.165) is 16.6 Å². The van der Waals surface area contributed by atoms with Crippen LogP contribution in [-0.2, 0) is 6.54 Å². The molecule has 5 nitrogen and oxygen atoms in total. The Morgan fingerprint density at radius 1 is 1.31 bits per heavy atom. The lowest BCUT2D eigenvalue weighted by molar-refractivity contribution is 0.646. The number of nitrogens with one attached hydrogen (secondary N) is 2. The number of hydrazine groups is 1. The molecule has 0 aliphatic heterocycles. The molecule has 0 aliphatic rings. The van der Waals surface area contributed by atoms with Crippen molar-refractivity contribution >= 4 is 28.2 Å². The van der Waals surface area contributed by atoms with E-state index >= 15 is 0 Å². The van der Waals surface area contributed by atoms with Gasteiger partial charge in [0.05, 0.1) is 17.8 Å². The second kappa shape index (κ2) is 4.82. The summed E-state index contributed by atoms with van der Waals surface area (Å²) in [6.07, 6.45) is 1.54. The van der Waals surface area contributed by atoms with Gasteiger partial charge in [0, 0.05) is 5.39 Å². The second-order valence-electron chi connectivity index (χ2n) is 3.18. The maximum Gasteiger partial charge on any atom is 0.178 e. The van der Waals surface area contributed by atoms with Gasteiger partial charge in [0.25, 0.3) is 0 Å². The number of nitrogens with zero attached hydrogens (tertiary/aromatic N) is 2. The normalized spacial score (nSPS) is 10.2. The van der Waals surface area contributed by atoms with E-state index in [1.807, 2.05) is 24.3 Å². The smallest absolute Gasteiger partial charge is 0.178 e. The third kappa shape index (κ3) is 2.41. The van der Waals surface area contributed by atoms with Crippen molar-refractivity contribution < 1.29 is 0 Å². The van der Waals surface area contributed by atoms with Crippen LogP contribution >= 0.6 is 12.2 Å². The van der Waals surface area contributed by atoms with Crippen LogP contribution < -0.4 is 16.6 Å². The molecule has 0 unspecified atom stereocenters. The van der Waals surface area contributed by atoms with Gasteiger partial charge in [-0.05, 0) is 18.3 Å². The molecule has 1 aromatic heterocycles. The largest absolute Gasteiger partial charge is 0.375 e. The van der Waals surface area contributed by atoms with Crippen molar-refractivity contribution in [2.75, 3.05) is 0 Å². The van der Waals surface area contributed by atoms with Crippen LogP contribution in [0.5, 0.6) is 0 Å². The van der Waals surface area contributed by atoms with Crippen molar-refractivity contribution in [2.24, 2.45) is 5.73 Å². The average Bonchev–Trinajstić information content (AvgIpc) is 2.29. The molecule has 16 heavy (non-hydrogen) atoms. The van der Waals surface area contributed by atoms with Gasteiger partial charge in [-0.3, -0.25) is 5.43 Å². The number of para-hydroxylation sites is 1. The first-order chi connectivity index (χ1) is 7.77. The standard InChI is InChI=1S/C10H11N5S/c11-10(16)15-14-5-9-7-3-1-2-4-8(7)12-6-13-9/h1-4,6,14H,5H2,(H3,11,15,16). The molecule has 4 N–H and O–H groups in total. The van der Waals surface area contributed by atoms with E-state index in [-0.39, 0.29) is 5.11 Å². The van der Waals surface area contributed by atoms with Crippen molar-refractivity contribution in [2.45, 2.75) is 6.54 Å². The molecule has 82 valence electrons. The minimum absolute atomic E-state index is 0.207. The quantitative estimate of drug-likeness (QED) is 0.528. The van der Waals surface area contributed by atoms with Gasteiger partial charge >= 0.3 is 0 Å². The molecule has 6 heteroatoms. The Bertz CT molecular complexity index is 508. The maximum atomic E-state index is 5.29. The molecule has 0 saturated carbocycles. The van der Waals surface area contributed by atoms with Crippen molar-refractivity contribution in [3.05, 3.63) is 36.3 Å². The monoisotopic (exact) mass is 233 g/mol. The van der Waals surface area contributed by atoms with Crippen molar-refractivity contribution in [1.82, 2.24) is 20.8 Å². The van der Waals surface area contributed by atoms with E-state index in [4.69, 9.17) is 5.73 Å². The van der Waals surface area contributed by atoms with E-state index in [1.165, 1.54) is 0 Å². The van der Waals surface area contributed by atoms with Crippen LogP contribution in [0.3, 0.4) is 0 Å². The van der Waals surface area contributed by atoms with E-state index < -0.39 is 0 Å². The molecule has 0 fully saturated rings. The minimum Gasteiger partial charge on any atom is -0.375 e. The van der Waals surface area contributed by atoms with Crippen molar-refractivity contribution in [1.29, 1.82) is 0 Å². The number of fused-ring (bicyclic) bond motifs is 1. The highest BCUT2D eigenvalue weighted by Gasteiger charge is 2.01. The first-order valence-corrected chi connectivity index (χ1v) is 5.15. The molecule has 2 aromatic rings. The topological polar surface area (TPSA) is 75.9 Å². The van der Waals surface area contributed by atoms with Crippen LogP contribution in [0, 0.1) is 0 Å². The van der Waals surface area contributed by atoms with Crippen molar-refractivity contribution in [3.63, 3.8) is 0 Å². The number of rotatable bonds is 3. The van der Waals surface area contributed by atoms with Crippen LogP contribution in [0.15, 0.2) is 30.6 Å². The molecular weight excluding hydrogens is 222 g/mol. The van der Waals surface area contributed by atoms with Crippen LogP contribution in [0.2, 0.25) is 0 Å². The predicted molar refractivity (Wildman–Crippen MR) is 66.3 cm³/mol. The van der Waals surface area contributed by atoms with E-state index in [1.54, 1.807) is 6.33 Å². The highest BCUT2D eigenvalue weighted by molar-refractivity contribution is 7.80. The van der Waals surface area contributed by atoms with Gasteiger partial charge in [-0.1, -0.05) is 18.2 Å². The Labute approximate surface area is 98.1 Å². The van der Waals surface area contributed by atoms with E-state index in [9.17, 15) is 0 Å². The van der Waals surface area contributed by atoms with E-state index in [0.29, 0.717) is 6.54 Å². The minimum atomic E-state index is 0.207. The summed E-state index contributed by atoms with van der Waals surface area (Å²) in [5.74, 6) is 0. The molecule has 0 spiro atoms. The zero-order chi connectivity index (χ0) is 11.4. The number of hydrogen-bond donors (Lipinski definition) is 3. The fourth-order valence-corrected chi connectivity index (χ4v) is 1.49. The second-order valence-corrected chi connectivity index (χ2v) is 3.62. The molecule has 0 radical (unpaired) electrons. The summed E-state index contributed by atoms with van der Waals surface area (Å²) in [6.45, 7) is 0.528. The number of hydrogen-bond acceptors (Lipinski definition) is 4. The lowest BCUT2D eigenvalue weighted by atomic mass is 10.2. The lowest BCUT2D eigenvalue weighted by Gasteiger charge is -2.07. The summed E-state index contributed by atoms with van der Waals surface area (Å²) in [5.41, 5.74) is 12.7. The zero-order valence-electron chi connectivity index (χ0n) is 8.47. The van der Waals surface area contributed by atoms with Gasteiger partial charge in [0.1, 0.15) is 6.33 Å². The van der Waals surface area contributed by atoms with Gasteiger partial charge in [0.15, 0.2) is 5.11 Å². The Balaban J connectivity index is 2.20. The maximum absolute atomic E-state index is 5.29. The first kappa shape index (κ1) is 10.7. The first-order valence-electron chi connectivity index (χ1n) is 4.74. The molecule has 1 aromatic carbocycles. The average molecular weight is 233 g/mol. The fraction of sp³-hybridized carbons (Fsp3) is 0.100.